The van der Waals surface area contributed by atoms with Crippen LogP contribution in [0.5, 0.6) is 23.0 Å². The van der Waals surface area contributed by atoms with Gasteiger partial charge in [-0.2, -0.15) is 0 Å². The molecule has 0 saturated carbocycles. The standard InChI is InChI=1S/C18H19ClN2O6/c1-24-13-6-5-10(7-12(13)19)20-17(22)18(23)21-11-8-14(25-2)16(27-4)15(9-11)26-3/h5-9H,1-4H3,(H,20,22)(H,21,23). The lowest BCUT2D eigenvalue weighted by atomic mass is 10.2. The van der Waals surface area contributed by atoms with E-state index in [1.807, 2.05) is 0 Å². The maximum Gasteiger partial charge on any atom is 0.314 e. The van der Waals surface area contributed by atoms with Crippen LogP contribution in [0.25, 0.3) is 0 Å². The van der Waals surface area contributed by atoms with Crippen molar-refractivity contribution >= 4 is 34.8 Å². The van der Waals surface area contributed by atoms with Crippen molar-refractivity contribution in [3.63, 3.8) is 0 Å². The van der Waals surface area contributed by atoms with E-state index in [1.54, 1.807) is 12.1 Å². The van der Waals surface area contributed by atoms with Crippen LogP contribution in [-0.4, -0.2) is 40.3 Å². The number of nitrogens with one attached hydrogen (secondary N) is 2. The Morgan fingerprint density at radius 3 is 1.70 bits per heavy atom. The molecule has 0 spiro atoms. The second-order valence-corrected chi connectivity index (χ2v) is 5.58. The molecule has 0 aliphatic heterocycles. The van der Waals surface area contributed by atoms with Gasteiger partial charge in [0.05, 0.1) is 33.5 Å². The van der Waals surface area contributed by atoms with Crippen LogP contribution in [0.15, 0.2) is 30.3 Å². The van der Waals surface area contributed by atoms with Gasteiger partial charge in [-0.25, -0.2) is 0 Å². The second-order valence-electron chi connectivity index (χ2n) is 5.17. The fourth-order valence-electron chi connectivity index (χ4n) is 2.27. The highest BCUT2D eigenvalue weighted by Crippen LogP contribution is 2.39. The van der Waals surface area contributed by atoms with E-state index in [9.17, 15) is 9.59 Å². The molecule has 0 saturated heterocycles. The molecule has 8 nitrogen and oxygen atoms in total. The number of hydrogen-bond donors (Lipinski definition) is 2. The number of carbonyl (C=O) groups excluding carboxylic acids is 2. The Morgan fingerprint density at radius 1 is 0.741 bits per heavy atom. The molecule has 0 aromatic heterocycles. The van der Waals surface area contributed by atoms with E-state index in [2.05, 4.69) is 10.6 Å². The fourth-order valence-corrected chi connectivity index (χ4v) is 2.53. The van der Waals surface area contributed by atoms with Crippen molar-refractivity contribution < 1.29 is 28.5 Å². The highest BCUT2D eigenvalue weighted by atomic mass is 35.5. The van der Waals surface area contributed by atoms with Gasteiger partial charge in [0.1, 0.15) is 5.75 Å². The van der Waals surface area contributed by atoms with Crippen LogP contribution in [0.4, 0.5) is 11.4 Å². The van der Waals surface area contributed by atoms with Crippen LogP contribution in [0.2, 0.25) is 5.02 Å². The van der Waals surface area contributed by atoms with Crippen LogP contribution >= 0.6 is 11.6 Å². The van der Waals surface area contributed by atoms with Gasteiger partial charge < -0.3 is 29.6 Å². The molecule has 27 heavy (non-hydrogen) atoms. The summed E-state index contributed by atoms with van der Waals surface area (Å²) in [5, 5.41) is 5.24. The molecule has 0 aliphatic carbocycles. The fraction of sp³-hybridized carbons (Fsp3) is 0.222. The van der Waals surface area contributed by atoms with E-state index in [0.717, 1.165) is 0 Å². The summed E-state index contributed by atoms with van der Waals surface area (Å²) in [6.45, 7) is 0. The summed E-state index contributed by atoms with van der Waals surface area (Å²) >= 11 is 6.00. The summed E-state index contributed by atoms with van der Waals surface area (Å²) in [6, 6.07) is 7.64. The van der Waals surface area contributed by atoms with E-state index >= 15 is 0 Å². The number of methoxy groups -OCH3 is 4. The Kier molecular flexibility index (Phi) is 6.73. The van der Waals surface area contributed by atoms with Crippen molar-refractivity contribution in [1.82, 2.24) is 0 Å². The first-order valence-corrected chi connectivity index (χ1v) is 8.07. The zero-order valence-electron chi connectivity index (χ0n) is 15.2. The van der Waals surface area contributed by atoms with Gasteiger partial charge >= 0.3 is 11.8 Å². The van der Waals surface area contributed by atoms with Crippen LogP contribution in [0, 0.1) is 0 Å². The first kappa shape index (κ1) is 20.2. The smallest absolute Gasteiger partial charge is 0.314 e. The average molecular weight is 395 g/mol. The number of carbonyl (C=O) groups is 2. The first-order chi connectivity index (χ1) is 12.9. The van der Waals surface area contributed by atoms with Gasteiger partial charge in [0, 0.05) is 23.5 Å². The monoisotopic (exact) mass is 394 g/mol. The van der Waals surface area contributed by atoms with Crippen molar-refractivity contribution in [1.29, 1.82) is 0 Å². The summed E-state index contributed by atoms with van der Waals surface area (Å²) in [5.41, 5.74) is 0.656. The number of anilines is 2. The highest BCUT2D eigenvalue weighted by Gasteiger charge is 2.18. The molecule has 0 heterocycles. The number of halogens is 1. The SMILES string of the molecule is COc1ccc(NC(=O)C(=O)Nc2cc(OC)c(OC)c(OC)c2)cc1Cl. The first-order valence-electron chi connectivity index (χ1n) is 7.69. The maximum absolute atomic E-state index is 12.2. The zero-order valence-corrected chi connectivity index (χ0v) is 16.0. The third kappa shape index (κ3) is 4.73. The lowest BCUT2D eigenvalue weighted by Gasteiger charge is -2.14. The molecule has 0 atom stereocenters. The molecule has 0 bridgehead atoms. The number of benzene rings is 2. The molecule has 0 aliphatic rings. The summed E-state index contributed by atoms with van der Waals surface area (Å²) in [4.78, 5) is 24.3. The topological polar surface area (TPSA) is 95.1 Å². The molecule has 2 aromatic carbocycles. The molecule has 0 radical (unpaired) electrons. The van der Waals surface area contributed by atoms with E-state index in [0.29, 0.717) is 39.4 Å². The molecule has 0 fully saturated rings. The van der Waals surface area contributed by atoms with Gasteiger partial charge in [-0.05, 0) is 18.2 Å². The minimum absolute atomic E-state index is 0.303. The number of rotatable bonds is 6. The summed E-state index contributed by atoms with van der Waals surface area (Å²) in [7, 11) is 5.84. The van der Waals surface area contributed by atoms with Crippen LogP contribution in [0.3, 0.4) is 0 Å². The summed E-state index contributed by atoms with van der Waals surface area (Å²) in [6.07, 6.45) is 0. The van der Waals surface area contributed by atoms with Crippen molar-refractivity contribution in [2.24, 2.45) is 0 Å². The van der Waals surface area contributed by atoms with E-state index < -0.39 is 11.8 Å². The lowest BCUT2D eigenvalue weighted by Crippen LogP contribution is -2.29. The normalized spacial score (nSPS) is 9.96. The van der Waals surface area contributed by atoms with E-state index in [-0.39, 0.29) is 0 Å². The quantitative estimate of drug-likeness (QED) is 0.731. The third-order valence-corrected chi connectivity index (χ3v) is 3.83. The zero-order chi connectivity index (χ0) is 20.0. The molecule has 9 heteroatoms. The van der Waals surface area contributed by atoms with Crippen molar-refractivity contribution in [3.05, 3.63) is 35.4 Å². The predicted molar refractivity (Wildman–Crippen MR) is 101 cm³/mol. The molecular formula is C18H19ClN2O6. The van der Waals surface area contributed by atoms with E-state index in [4.69, 9.17) is 30.5 Å². The minimum atomic E-state index is -0.879. The van der Waals surface area contributed by atoms with Crippen LogP contribution < -0.4 is 29.6 Å². The summed E-state index contributed by atoms with van der Waals surface area (Å²) in [5.74, 6) is -0.239. The summed E-state index contributed by atoms with van der Waals surface area (Å²) < 4.78 is 20.7. The van der Waals surface area contributed by atoms with Gasteiger partial charge in [-0.3, -0.25) is 9.59 Å². The second kappa shape index (κ2) is 9.00. The van der Waals surface area contributed by atoms with Crippen LogP contribution in [0.1, 0.15) is 0 Å². The van der Waals surface area contributed by atoms with Gasteiger partial charge in [0.15, 0.2) is 11.5 Å². The van der Waals surface area contributed by atoms with Gasteiger partial charge in [-0.1, -0.05) is 11.6 Å². The average Bonchev–Trinajstić information content (AvgIpc) is 2.67. The third-order valence-electron chi connectivity index (χ3n) is 3.54. The Hall–Kier alpha value is -3.13. The van der Waals surface area contributed by atoms with Crippen molar-refractivity contribution in [2.45, 2.75) is 0 Å². The number of ether oxygens (including phenoxy) is 4. The predicted octanol–water partition coefficient (Wildman–Crippen LogP) is 2.95. The Bertz CT molecular complexity index is 831. The molecule has 144 valence electrons. The van der Waals surface area contributed by atoms with E-state index in [1.165, 1.54) is 46.6 Å². The van der Waals surface area contributed by atoms with Crippen molar-refractivity contribution in [3.8, 4) is 23.0 Å². The highest BCUT2D eigenvalue weighted by molar-refractivity contribution is 6.43. The minimum Gasteiger partial charge on any atom is -0.495 e. The molecule has 2 aromatic rings. The molecule has 2 amide bonds. The van der Waals surface area contributed by atoms with Gasteiger partial charge in [-0.15, -0.1) is 0 Å². The molecular weight excluding hydrogens is 376 g/mol. The molecule has 2 rings (SSSR count). The Balaban J connectivity index is 2.14. The molecule has 0 unspecified atom stereocenters. The van der Waals surface area contributed by atoms with Gasteiger partial charge in [0.2, 0.25) is 5.75 Å². The number of amides is 2. The maximum atomic E-state index is 12.2. The van der Waals surface area contributed by atoms with Crippen LogP contribution in [-0.2, 0) is 9.59 Å². The lowest BCUT2D eigenvalue weighted by molar-refractivity contribution is -0.133. The Labute approximate surface area is 161 Å². The van der Waals surface area contributed by atoms with Crippen molar-refractivity contribution in [2.75, 3.05) is 39.1 Å². The largest absolute Gasteiger partial charge is 0.495 e. The Morgan fingerprint density at radius 2 is 1.26 bits per heavy atom. The molecule has 2 N–H and O–H groups in total. The number of hydrogen-bond acceptors (Lipinski definition) is 6. The van der Waals surface area contributed by atoms with Gasteiger partial charge in [0.25, 0.3) is 0 Å².